The Kier molecular flexibility index (Phi) is 5.36. The van der Waals surface area contributed by atoms with E-state index in [1.54, 1.807) is 24.3 Å². The maximum Gasteiger partial charge on any atom is 0.325 e. The lowest BCUT2D eigenvalue weighted by atomic mass is 9.91. The van der Waals surface area contributed by atoms with Crippen molar-refractivity contribution in [1.29, 1.82) is 0 Å². The summed E-state index contributed by atoms with van der Waals surface area (Å²) in [7, 11) is 0. The Bertz CT molecular complexity index is 1070. The minimum absolute atomic E-state index is 0.0864. The van der Waals surface area contributed by atoms with E-state index in [0.717, 1.165) is 22.6 Å². The van der Waals surface area contributed by atoms with Gasteiger partial charge >= 0.3 is 11.7 Å². The number of amides is 4. The SMILES string of the molecule is Cc1ccc([C@]2(C)NC(=O)N(CC(=O)Nc3cc(Cl)cc([N+](=O)[O-])c3O)C2=O)cc1. The van der Waals surface area contributed by atoms with Crippen LogP contribution in [0.5, 0.6) is 5.75 Å². The van der Waals surface area contributed by atoms with Gasteiger partial charge in [-0.15, -0.1) is 0 Å². The molecular weight excluding hydrogens is 416 g/mol. The molecule has 2 aromatic carbocycles. The van der Waals surface area contributed by atoms with Crippen LogP contribution >= 0.6 is 11.6 Å². The zero-order chi connectivity index (χ0) is 22.2. The molecule has 1 atom stereocenters. The van der Waals surface area contributed by atoms with Gasteiger partial charge in [-0.3, -0.25) is 24.6 Å². The zero-order valence-corrected chi connectivity index (χ0v) is 16.7. The van der Waals surface area contributed by atoms with Gasteiger partial charge in [-0.2, -0.15) is 0 Å². The van der Waals surface area contributed by atoms with Crippen LogP contribution < -0.4 is 10.6 Å². The second kappa shape index (κ2) is 7.64. The van der Waals surface area contributed by atoms with E-state index in [2.05, 4.69) is 10.6 Å². The van der Waals surface area contributed by atoms with Crippen LogP contribution in [0.15, 0.2) is 36.4 Å². The van der Waals surface area contributed by atoms with Crippen molar-refractivity contribution >= 4 is 40.8 Å². The van der Waals surface area contributed by atoms with E-state index in [1.807, 2.05) is 6.92 Å². The number of nitrogens with one attached hydrogen (secondary N) is 2. The minimum atomic E-state index is -1.35. The molecule has 0 radical (unpaired) electrons. The van der Waals surface area contributed by atoms with Crippen molar-refractivity contribution < 1.29 is 24.4 Å². The van der Waals surface area contributed by atoms with E-state index in [0.29, 0.717) is 5.56 Å². The molecule has 0 bridgehead atoms. The van der Waals surface area contributed by atoms with E-state index in [4.69, 9.17) is 11.6 Å². The van der Waals surface area contributed by atoms with Gasteiger partial charge in [0.25, 0.3) is 5.91 Å². The summed E-state index contributed by atoms with van der Waals surface area (Å²) in [5.41, 5.74) is -0.822. The van der Waals surface area contributed by atoms with Gasteiger partial charge in [-0.05, 0) is 25.5 Å². The van der Waals surface area contributed by atoms with E-state index in [-0.39, 0.29) is 10.7 Å². The highest BCUT2D eigenvalue weighted by Crippen LogP contribution is 2.37. The van der Waals surface area contributed by atoms with Gasteiger partial charge in [-0.1, -0.05) is 41.4 Å². The van der Waals surface area contributed by atoms with Crippen LogP contribution in [0.4, 0.5) is 16.2 Å². The molecule has 156 valence electrons. The molecule has 3 rings (SSSR count). The maximum atomic E-state index is 12.9. The molecule has 3 N–H and O–H groups in total. The highest BCUT2D eigenvalue weighted by Gasteiger charge is 2.49. The van der Waals surface area contributed by atoms with Crippen LogP contribution in [0.1, 0.15) is 18.1 Å². The van der Waals surface area contributed by atoms with Gasteiger partial charge < -0.3 is 15.7 Å². The molecule has 0 aliphatic carbocycles. The van der Waals surface area contributed by atoms with Crippen LogP contribution in [-0.2, 0) is 15.1 Å². The van der Waals surface area contributed by atoms with Crippen molar-refractivity contribution in [3.63, 3.8) is 0 Å². The highest BCUT2D eigenvalue weighted by molar-refractivity contribution is 6.31. The summed E-state index contributed by atoms with van der Waals surface area (Å²) in [5.74, 6) is -2.27. The molecule has 1 aliphatic heterocycles. The number of anilines is 1. The predicted molar refractivity (Wildman–Crippen MR) is 107 cm³/mol. The van der Waals surface area contributed by atoms with Crippen molar-refractivity contribution in [3.8, 4) is 5.75 Å². The van der Waals surface area contributed by atoms with Gasteiger partial charge in [0.15, 0.2) is 0 Å². The Hall–Kier alpha value is -3.66. The molecule has 0 aromatic heterocycles. The Labute approximate surface area is 175 Å². The quantitative estimate of drug-likeness (QED) is 0.287. The topological polar surface area (TPSA) is 142 Å². The Morgan fingerprint density at radius 1 is 1.30 bits per heavy atom. The number of rotatable bonds is 5. The number of imide groups is 1. The molecule has 0 saturated carbocycles. The normalized spacial score (nSPS) is 18.3. The van der Waals surface area contributed by atoms with Crippen LogP contribution in [-0.4, -0.2) is 39.3 Å². The number of aryl methyl sites for hydroxylation is 1. The summed E-state index contributed by atoms with van der Waals surface area (Å²) in [6, 6.07) is 8.29. The summed E-state index contributed by atoms with van der Waals surface area (Å²) in [5, 5.41) is 25.7. The number of hydrogen-bond acceptors (Lipinski definition) is 6. The molecule has 0 spiro atoms. The number of aromatic hydroxyl groups is 1. The molecule has 0 unspecified atom stereocenters. The van der Waals surface area contributed by atoms with Crippen LogP contribution in [0.2, 0.25) is 5.02 Å². The third kappa shape index (κ3) is 3.77. The van der Waals surface area contributed by atoms with E-state index >= 15 is 0 Å². The number of nitro groups is 1. The average molecular weight is 433 g/mol. The fourth-order valence-electron chi connectivity index (χ4n) is 3.08. The first-order valence-electron chi connectivity index (χ1n) is 8.71. The number of nitrogens with zero attached hydrogens (tertiary/aromatic N) is 2. The van der Waals surface area contributed by atoms with Gasteiger partial charge in [0.05, 0.1) is 10.6 Å². The molecular formula is C19H17ClN4O6. The second-order valence-electron chi connectivity index (χ2n) is 6.94. The minimum Gasteiger partial charge on any atom is -0.501 e. The summed E-state index contributed by atoms with van der Waals surface area (Å²) in [6.07, 6.45) is 0. The predicted octanol–water partition coefficient (Wildman–Crippen LogP) is 2.67. The summed E-state index contributed by atoms with van der Waals surface area (Å²) in [4.78, 5) is 48.5. The van der Waals surface area contributed by atoms with Crippen LogP contribution in [0.25, 0.3) is 0 Å². The van der Waals surface area contributed by atoms with Gasteiger partial charge in [0.1, 0.15) is 12.1 Å². The number of benzene rings is 2. The number of hydrogen-bond donors (Lipinski definition) is 3. The summed E-state index contributed by atoms with van der Waals surface area (Å²) in [6.45, 7) is 2.75. The molecule has 1 aliphatic rings. The van der Waals surface area contributed by atoms with Crippen molar-refractivity contribution in [3.05, 3.63) is 62.7 Å². The molecule has 2 aromatic rings. The monoisotopic (exact) mass is 432 g/mol. The van der Waals surface area contributed by atoms with Crippen molar-refractivity contribution in [1.82, 2.24) is 10.2 Å². The molecule has 1 heterocycles. The number of phenols is 1. The van der Waals surface area contributed by atoms with Crippen LogP contribution in [0.3, 0.4) is 0 Å². The lowest BCUT2D eigenvalue weighted by Gasteiger charge is -2.22. The number of phenolic OH excluding ortho intramolecular Hbond substituents is 1. The molecule has 1 fully saturated rings. The Morgan fingerprint density at radius 3 is 2.53 bits per heavy atom. The second-order valence-corrected chi connectivity index (χ2v) is 7.38. The van der Waals surface area contributed by atoms with Gasteiger partial charge in [-0.25, -0.2) is 4.79 Å². The average Bonchev–Trinajstić information content (AvgIpc) is 2.88. The number of urea groups is 1. The number of halogens is 1. The summed E-state index contributed by atoms with van der Waals surface area (Å²) < 4.78 is 0. The zero-order valence-electron chi connectivity index (χ0n) is 15.9. The first-order valence-corrected chi connectivity index (χ1v) is 9.08. The lowest BCUT2D eigenvalue weighted by Crippen LogP contribution is -2.42. The Balaban J connectivity index is 1.79. The van der Waals surface area contributed by atoms with Crippen molar-refractivity contribution in [2.24, 2.45) is 0 Å². The van der Waals surface area contributed by atoms with E-state index < -0.39 is 46.3 Å². The molecule has 10 nitrogen and oxygen atoms in total. The standard InChI is InChI=1S/C19H17ClN4O6/c1-10-3-5-11(6-4-10)19(2)17(27)23(18(28)22-19)9-15(25)21-13-7-12(20)8-14(16(13)26)24(29)30/h3-8,26H,9H2,1-2H3,(H,21,25)(H,22,28)/t19-/m0/s1. The van der Waals surface area contributed by atoms with Crippen LogP contribution in [0, 0.1) is 17.0 Å². The number of nitro benzene ring substituents is 1. The van der Waals surface area contributed by atoms with Gasteiger partial charge in [0, 0.05) is 11.1 Å². The number of carbonyl (C=O) groups is 3. The molecule has 30 heavy (non-hydrogen) atoms. The van der Waals surface area contributed by atoms with Crippen molar-refractivity contribution in [2.45, 2.75) is 19.4 Å². The Morgan fingerprint density at radius 2 is 1.93 bits per heavy atom. The molecule has 11 heteroatoms. The highest BCUT2D eigenvalue weighted by atomic mass is 35.5. The number of carbonyl (C=O) groups excluding carboxylic acids is 3. The largest absolute Gasteiger partial charge is 0.501 e. The molecule has 4 amide bonds. The third-order valence-corrected chi connectivity index (χ3v) is 4.95. The fourth-order valence-corrected chi connectivity index (χ4v) is 3.29. The van der Waals surface area contributed by atoms with E-state index in [1.165, 1.54) is 6.92 Å². The first-order chi connectivity index (χ1) is 14.0. The fraction of sp³-hybridized carbons (Fsp3) is 0.211. The van der Waals surface area contributed by atoms with Crippen molar-refractivity contribution in [2.75, 3.05) is 11.9 Å². The maximum absolute atomic E-state index is 12.9. The van der Waals surface area contributed by atoms with Gasteiger partial charge in [0.2, 0.25) is 11.7 Å². The van der Waals surface area contributed by atoms with E-state index in [9.17, 15) is 29.6 Å². The first kappa shape index (κ1) is 21.1. The smallest absolute Gasteiger partial charge is 0.325 e. The third-order valence-electron chi connectivity index (χ3n) is 4.73. The lowest BCUT2D eigenvalue weighted by molar-refractivity contribution is -0.385. The molecule has 1 saturated heterocycles. The summed E-state index contributed by atoms with van der Waals surface area (Å²) >= 11 is 5.79.